The summed E-state index contributed by atoms with van der Waals surface area (Å²) in [5.41, 5.74) is 2.14. The summed E-state index contributed by atoms with van der Waals surface area (Å²) in [7, 11) is -3.26. The van der Waals surface area contributed by atoms with Crippen LogP contribution >= 0.6 is 0 Å². The van der Waals surface area contributed by atoms with Crippen molar-refractivity contribution in [1.29, 1.82) is 0 Å². The van der Waals surface area contributed by atoms with Gasteiger partial charge in [0, 0.05) is 11.6 Å². The number of aromatic nitrogens is 2. The highest BCUT2D eigenvalue weighted by molar-refractivity contribution is 7.90. The molecule has 0 aliphatic rings. The molecule has 0 saturated heterocycles. The van der Waals surface area contributed by atoms with Gasteiger partial charge in [-0.05, 0) is 41.5 Å². The zero-order valence-electron chi connectivity index (χ0n) is 14.6. The van der Waals surface area contributed by atoms with Gasteiger partial charge in [-0.25, -0.2) is 21.9 Å². The van der Waals surface area contributed by atoms with Crippen LogP contribution in [-0.4, -0.2) is 29.6 Å². The van der Waals surface area contributed by atoms with Crippen LogP contribution in [-0.2, 0) is 9.84 Å². The molecule has 8 heteroatoms. The fourth-order valence-electron chi connectivity index (χ4n) is 2.99. The normalized spacial score (nSPS) is 11.8. The molecule has 28 heavy (non-hydrogen) atoms. The van der Waals surface area contributed by atoms with E-state index in [1.807, 2.05) is 0 Å². The van der Waals surface area contributed by atoms with E-state index in [0.29, 0.717) is 5.69 Å². The molecule has 1 N–H and O–H groups in total. The van der Waals surface area contributed by atoms with Gasteiger partial charge >= 0.3 is 0 Å². The molecule has 0 fully saturated rings. The topological polar surface area (TPSA) is 72.2 Å². The molecule has 0 saturated carbocycles. The largest absolute Gasteiger partial charge is 0.503 e. The summed E-state index contributed by atoms with van der Waals surface area (Å²) < 4.78 is 52.2. The molecule has 0 unspecified atom stereocenters. The van der Waals surface area contributed by atoms with Crippen LogP contribution in [0.5, 0.6) is 5.75 Å². The number of hydrogen-bond donors (Lipinski definition) is 1. The van der Waals surface area contributed by atoms with E-state index < -0.39 is 27.2 Å². The highest BCUT2D eigenvalue weighted by atomic mass is 32.2. The van der Waals surface area contributed by atoms with Gasteiger partial charge in [0.05, 0.1) is 16.8 Å². The van der Waals surface area contributed by atoms with E-state index in [2.05, 4.69) is 5.10 Å². The van der Waals surface area contributed by atoms with E-state index in [-0.39, 0.29) is 15.8 Å². The quantitative estimate of drug-likeness (QED) is 0.563. The Morgan fingerprint density at radius 3 is 2.11 bits per heavy atom. The summed E-state index contributed by atoms with van der Waals surface area (Å²) in [6, 6.07) is 14.5. The number of nitrogens with zero attached hydrogens (tertiary/aromatic N) is 2. The van der Waals surface area contributed by atoms with Crippen LogP contribution in [0.15, 0.2) is 65.7 Å². The number of halogens is 2. The molecule has 3 aromatic carbocycles. The molecular formula is C20H14F2N2O3S. The molecule has 1 aromatic heterocycles. The Morgan fingerprint density at radius 1 is 0.964 bits per heavy atom. The van der Waals surface area contributed by atoms with Gasteiger partial charge in [0.25, 0.3) is 0 Å². The number of fused-ring (bicyclic) bond motifs is 1. The molecule has 4 rings (SSSR count). The summed E-state index contributed by atoms with van der Waals surface area (Å²) in [6.07, 6.45) is 2.47. The van der Waals surface area contributed by atoms with Crippen LogP contribution in [0.3, 0.4) is 0 Å². The number of aromatic hydroxyl groups is 1. The Bertz CT molecular complexity index is 1300. The maximum atomic E-state index is 14.3. The third-order valence-corrected chi connectivity index (χ3v) is 5.58. The standard InChI is InChI=1S/C20H14F2N2O3S/c1-28(26,27)16-8-4-13(5-9-16)12-2-6-15(7-3-12)24-19-14(11-23-24)10-17(21)20(25)18(19)22/h2-11,25H,1H3. The minimum atomic E-state index is -3.26. The van der Waals surface area contributed by atoms with Crippen molar-refractivity contribution in [3.63, 3.8) is 0 Å². The second kappa shape index (κ2) is 6.42. The van der Waals surface area contributed by atoms with Gasteiger partial charge in [-0.1, -0.05) is 24.3 Å². The number of phenolic OH excluding ortho intramolecular Hbond substituents is 1. The van der Waals surface area contributed by atoms with Gasteiger partial charge in [0.1, 0.15) is 5.52 Å². The summed E-state index contributed by atoms with van der Waals surface area (Å²) in [5.74, 6) is -3.16. The van der Waals surface area contributed by atoms with Crippen LogP contribution in [0.1, 0.15) is 0 Å². The van der Waals surface area contributed by atoms with E-state index >= 15 is 0 Å². The summed E-state index contributed by atoms with van der Waals surface area (Å²) in [6.45, 7) is 0. The smallest absolute Gasteiger partial charge is 0.194 e. The predicted octanol–water partition coefficient (Wildman–Crippen LogP) is 4.08. The number of phenols is 1. The molecule has 0 bridgehead atoms. The first kappa shape index (κ1) is 18.1. The molecule has 0 spiro atoms. The monoisotopic (exact) mass is 400 g/mol. The maximum absolute atomic E-state index is 14.3. The lowest BCUT2D eigenvalue weighted by molar-refractivity contribution is 0.399. The van der Waals surface area contributed by atoms with E-state index in [9.17, 15) is 22.3 Å². The zero-order chi connectivity index (χ0) is 20.1. The van der Waals surface area contributed by atoms with Gasteiger partial charge in [-0.15, -0.1) is 0 Å². The molecular weight excluding hydrogens is 386 g/mol. The van der Waals surface area contributed by atoms with Crippen molar-refractivity contribution < 1.29 is 22.3 Å². The summed E-state index contributed by atoms with van der Waals surface area (Å²) in [4.78, 5) is 0.235. The Balaban J connectivity index is 1.73. The first-order valence-electron chi connectivity index (χ1n) is 8.21. The summed E-state index contributed by atoms with van der Waals surface area (Å²) >= 11 is 0. The highest BCUT2D eigenvalue weighted by Crippen LogP contribution is 2.30. The Kier molecular flexibility index (Phi) is 4.15. The predicted molar refractivity (Wildman–Crippen MR) is 101 cm³/mol. The van der Waals surface area contributed by atoms with Gasteiger partial charge in [0.2, 0.25) is 0 Å². The van der Waals surface area contributed by atoms with Crippen molar-refractivity contribution in [3.05, 3.63) is 72.4 Å². The third kappa shape index (κ3) is 3.01. The first-order valence-corrected chi connectivity index (χ1v) is 10.1. The van der Waals surface area contributed by atoms with E-state index in [4.69, 9.17) is 0 Å². The number of sulfone groups is 1. The lowest BCUT2D eigenvalue weighted by Crippen LogP contribution is -1.98. The average molecular weight is 400 g/mol. The fraction of sp³-hybridized carbons (Fsp3) is 0.0500. The van der Waals surface area contributed by atoms with Gasteiger partial charge in [0.15, 0.2) is 27.2 Å². The van der Waals surface area contributed by atoms with E-state index in [0.717, 1.165) is 23.4 Å². The van der Waals surface area contributed by atoms with Gasteiger partial charge in [-0.3, -0.25) is 0 Å². The van der Waals surface area contributed by atoms with Crippen molar-refractivity contribution in [3.8, 4) is 22.6 Å². The number of benzene rings is 3. The van der Waals surface area contributed by atoms with Gasteiger partial charge < -0.3 is 5.11 Å². The van der Waals surface area contributed by atoms with Crippen LogP contribution in [0, 0.1) is 11.6 Å². The SMILES string of the molecule is CS(=O)(=O)c1ccc(-c2ccc(-n3ncc4cc(F)c(O)c(F)c43)cc2)cc1. The van der Waals surface area contributed by atoms with E-state index in [1.54, 1.807) is 36.4 Å². The molecule has 0 aliphatic heterocycles. The van der Waals surface area contributed by atoms with Crippen molar-refractivity contribution >= 4 is 20.7 Å². The Morgan fingerprint density at radius 2 is 1.54 bits per heavy atom. The minimum Gasteiger partial charge on any atom is -0.503 e. The van der Waals surface area contributed by atoms with E-state index in [1.165, 1.54) is 23.0 Å². The Hall–Kier alpha value is -3.26. The molecule has 0 amide bonds. The molecule has 142 valence electrons. The lowest BCUT2D eigenvalue weighted by atomic mass is 10.1. The van der Waals surface area contributed by atoms with Crippen molar-refractivity contribution in [2.75, 3.05) is 6.26 Å². The molecule has 0 aliphatic carbocycles. The molecule has 1 heterocycles. The zero-order valence-corrected chi connectivity index (χ0v) is 15.4. The Labute approximate surface area is 159 Å². The maximum Gasteiger partial charge on any atom is 0.194 e. The second-order valence-electron chi connectivity index (χ2n) is 6.36. The molecule has 0 radical (unpaired) electrons. The van der Waals surface area contributed by atoms with Crippen LogP contribution in [0.4, 0.5) is 8.78 Å². The first-order chi connectivity index (χ1) is 13.3. The minimum absolute atomic E-state index is 0.0239. The third-order valence-electron chi connectivity index (χ3n) is 4.45. The number of hydrogen-bond acceptors (Lipinski definition) is 4. The van der Waals surface area contributed by atoms with Crippen molar-refractivity contribution in [2.45, 2.75) is 4.90 Å². The highest BCUT2D eigenvalue weighted by Gasteiger charge is 2.18. The molecule has 4 aromatic rings. The summed E-state index contributed by atoms with van der Waals surface area (Å²) in [5, 5.41) is 13.8. The van der Waals surface area contributed by atoms with Crippen LogP contribution < -0.4 is 0 Å². The number of rotatable bonds is 3. The van der Waals surface area contributed by atoms with Crippen LogP contribution in [0.25, 0.3) is 27.7 Å². The molecule has 0 atom stereocenters. The fourth-order valence-corrected chi connectivity index (χ4v) is 3.62. The van der Waals surface area contributed by atoms with Crippen molar-refractivity contribution in [1.82, 2.24) is 9.78 Å². The average Bonchev–Trinajstić information content (AvgIpc) is 3.09. The van der Waals surface area contributed by atoms with Crippen LogP contribution in [0.2, 0.25) is 0 Å². The molecule has 5 nitrogen and oxygen atoms in total. The van der Waals surface area contributed by atoms with Gasteiger partial charge in [-0.2, -0.15) is 5.10 Å². The second-order valence-corrected chi connectivity index (χ2v) is 8.37. The lowest BCUT2D eigenvalue weighted by Gasteiger charge is -2.08. The van der Waals surface area contributed by atoms with Crippen molar-refractivity contribution in [2.24, 2.45) is 0 Å².